The van der Waals surface area contributed by atoms with Crippen molar-refractivity contribution in [2.45, 2.75) is 39.2 Å². The molecule has 0 fully saturated rings. The Bertz CT molecular complexity index is 572. The maximum Gasteiger partial charge on any atom is 0.0832 e. The summed E-state index contributed by atoms with van der Waals surface area (Å²) in [7, 11) is 0. The lowest BCUT2D eigenvalue weighted by molar-refractivity contribution is 0.177. The predicted molar refractivity (Wildman–Crippen MR) is 88.1 cm³/mol. The van der Waals surface area contributed by atoms with Crippen LogP contribution in [0.1, 0.15) is 48.1 Å². The molecule has 2 aromatic carbocycles. The molecule has 0 radical (unpaired) electrons. The number of hydrogen-bond acceptors (Lipinski definition) is 1. The van der Waals surface area contributed by atoms with Crippen molar-refractivity contribution in [1.29, 1.82) is 0 Å². The van der Waals surface area contributed by atoms with E-state index in [1.54, 1.807) is 0 Å². The van der Waals surface area contributed by atoms with Crippen molar-refractivity contribution in [3.8, 4) is 0 Å². The highest BCUT2D eigenvalue weighted by atomic mass is 79.9. The molecule has 2 aromatic rings. The molecular weight excluding hydrogens is 312 g/mol. The molecule has 2 heteroatoms. The molecule has 0 heterocycles. The van der Waals surface area contributed by atoms with E-state index in [2.05, 4.69) is 54.0 Å². The summed E-state index contributed by atoms with van der Waals surface area (Å²) in [6.45, 7) is 6.41. The number of halogens is 1. The van der Waals surface area contributed by atoms with Crippen LogP contribution >= 0.6 is 15.9 Å². The lowest BCUT2D eigenvalue weighted by Gasteiger charge is -2.15. The SMILES string of the molecule is Cc1cc(Br)ccc1C(O)Cc1ccc(C(C)C)cc1. The van der Waals surface area contributed by atoms with E-state index in [0.29, 0.717) is 12.3 Å². The molecule has 1 nitrogen and oxygen atoms in total. The first-order valence-corrected chi connectivity index (χ1v) is 7.79. The first kappa shape index (κ1) is 15.3. The quantitative estimate of drug-likeness (QED) is 0.820. The van der Waals surface area contributed by atoms with Gasteiger partial charge in [-0.3, -0.25) is 0 Å². The Kier molecular flexibility index (Phi) is 5.00. The third-order valence-corrected chi connectivity index (χ3v) is 4.16. The Balaban J connectivity index is 2.12. The van der Waals surface area contributed by atoms with Crippen LogP contribution in [0.25, 0.3) is 0 Å². The zero-order valence-corrected chi connectivity index (χ0v) is 13.8. The fourth-order valence-electron chi connectivity index (χ4n) is 2.38. The summed E-state index contributed by atoms with van der Waals surface area (Å²) in [5.41, 5.74) is 4.62. The second kappa shape index (κ2) is 6.55. The van der Waals surface area contributed by atoms with Gasteiger partial charge in [0.25, 0.3) is 0 Å². The summed E-state index contributed by atoms with van der Waals surface area (Å²) in [5, 5.41) is 10.4. The summed E-state index contributed by atoms with van der Waals surface area (Å²) in [4.78, 5) is 0. The zero-order chi connectivity index (χ0) is 14.7. The van der Waals surface area contributed by atoms with Gasteiger partial charge < -0.3 is 5.11 Å². The van der Waals surface area contributed by atoms with Gasteiger partial charge in [-0.1, -0.05) is 60.1 Å². The summed E-state index contributed by atoms with van der Waals surface area (Å²) in [6, 6.07) is 14.6. The van der Waals surface area contributed by atoms with Crippen molar-refractivity contribution in [1.82, 2.24) is 0 Å². The standard InChI is InChI=1S/C18H21BrO/c1-12(2)15-6-4-14(5-7-15)11-18(20)17-9-8-16(19)10-13(17)3/h4-10,12,18,20H,11H2,1-3H3. The van der Waals surface area contributed by atoms with Crippen molar-refractivity contribution in [3.63, 3.8) is 0 Å². The van der Waals surface area contributed by atoms with E-state index in [9.17, 15) is 5.11 Å². The van der Waals surface area contributed by atoms with Crippen molar-refractivity contribution >= 4 is 15.9 Å². The summed E-state index contributed by atoms with van der Waals surface area (Å²) in [5.74, 6) is 0.544. The molecule has 1 unspecified atom stereocenters. The van der Waals surface area contributed by atoms with Gasteiger partial charge in [-0.05, 0) is 47.2 Å². The topological polar surface area (TPSA) is 20.2 Å². The summed E-state index contributed by atoms with van der Waals surface area (Å²) >= 11 is 3.45. The van der Waals surface area contributed by atoms with Crippen LogP contribution in [-0.2, 0) is 6.42 Å². The van der Waals surface area contributed by atoms with Crippen LogP contribution < -0.4 is 0 Å². The minimum Gasteiger partial charge on any atom is -0.388 e. The zero-order valence-electron chi connectivity index (χ0n) is 12.2. The lowest BCUT2D eigenvalue weighted by atomic mass is 9.96. The average molecular weight is 333 g/mol. The first-order chi connectivity index (χ1) is 9.47. The van der Waals surface area contributed by atoms with Crippen LogP contribution in [0.2, 0.25) is 0 Å². The number of aryl methyl sites for hydroxylation is 1. The molecule has 0 aliphatic carbocycles. The number of aliphatic hydroxyl groups excluding tert-OH is 1. The molecule has 1 atom stereocenters. The van der Waals surface area contributed by atoms with Crippen LogP contribution in [0.3, 0.4) is 0 Å². The van der Waals surface area contributed by atoms with E-state index in [0.717, 1.165) is 15.6 Å². The van der Waals surface area contributed by atoms with Crippen molar-refractivity contribution in [2.24, 2.45) is 0 Å². The molecule has 2 rings (SSSR count). The predicted octanol–water partition coefficient (Wildman–Crippen LogP) is 5.16. The third kappa shape index (κ3) is 3.71. The van der Waals surface area contributed by atoms with E-state index in [1.807, 2.05) is 25.1 Å². The fraction of sp³-hybridized carbons (Fsp3) is 0.333. The van der Waals surface area contributed by atoms with Gasteiger partial charge in [0.2, 0.25) is 0 Å². The van der Waals surface area contributed by atoms with Crippen molar-refractivity contribution in [3.05, 3.63) is 69.2 Å². The third-order valence-electron chi connectivity index (χ3n) is 3.67. The second-order valence-corrected chi connectivity index (χ2v) is 6.53. The molecule has 0 spiro atoms. The molecule has 1 N–H and O–H groups in total. The van der Waals surface area contributed by atoms with E-state index in [-0.39, 0.29) is 0 Å². The van der Waals surface area contributed by atoms with Crippen LogP contribution in [0.4, 0.5) is 0 Å². The van der Waals surface area contributed by atoms with Gasteiger partial charge in [0.05, 0.1) is 6.10 Å². The molecule has 0 aromatic heterocycles. The Morgan fingerprint density at radius 2 is 1.70 bits per heavy atom. The van der Waals surface area contributed by atoms with Gasteiger partial charge in [0.1, 0.15) is 0 Å². The van der Waals surface area contributed by atoms with Gasteiger partial charge in [-0.15, -0.1) is 0 Å². The fourth-order valence-corrected chi connectivity index (χ4v) is 2.86. The molecule has 0 saturated heterocycles. The number of aliphatic hydroxyl groups is 1. The van der Waals surface area contributed by atoms with Crippen LogP contribution in [0.15, 0.2) is 46.9 Å². The molecular formula is C18H21BrO. The van der Waals surface area contributed by atoms with E-state index in [1.165, 1.54) is 11.1 Å². The largest absolute Gasteiger partial charge is 0.388 e. The highest BCUT2D eigenvalue weighted by molar-refractivity contribution is 9.10. The molecule has 0 aliphatic rings. The van der Waals surface area contributed by atoms with E-state index >= 15 is 0 Å². The Morgan fingerprint density at radius 3 is 2.25 bits per heavy atom. The highest BCUT2D eigenvalue weighted by Crippen LogP contribution is 2.25. The Hall–Kier alpha value is -1.12. The lowest BCUT2D eigenvalue weighted by Crippen LogP contribution is -2.04. The monoisotopic (exact) mass is 332 g/mol. The smallest absolute Gasteiger partial charge is 0.0832 e. The maximum absolute atomic E-state index is 10.4. The van der Waals surface area contributed by atoms with Crippen molar-refractivity contribution < 1.29 is 5.11 Å². The van der Waals surface area contributed by atoms with Gasteiger partial charge >= 0.3 is 0 Å². The maximum atomic E-state index is 10.4. The molecule has 0 bridgehead atoms. The second-order valence-electron chi connectivity index (χ2n) is 5.62. The van der Waals surface area contributed by atoms with Crippen LogP contribution in [0, 0.1) is 6.92 Å². The number of hydrogen-bond donors (Lipinski definition) is 1. The summed E-state index contributed by atoms with van der Waals surface area (Å²) in [6.07, 6.45) is 0.203. The van der Waals surface area contributed by atoms with Gasteiger partial charge in [0.15, 0.2) is 0 Å². The van der Waals surface area contributed by atoms with Gasteiger partial charge in [-0.2, -0.15) is 0 Å². The molecule has 0 saturated carbocycles. The van der Waals surface area contributed by atoms with E-state index in [4.69, 9.17) is 0 Å². The minimum absolute atomic E-state index is 0.451. The van der Waals surface area contributed by atoms with Gasteiger partial charge in [0, 0.05) is 10.9 Å². The Labute approximate surface area is 129 Å². The summed E-state index contributed by atoms with van der Waals surface area (Å²) < 4.78 is 1.05. The van der Waals surface area contributed by atoms with Crippen molar-refractivity contribution in [2.75, 3.05) is 0 Å². The minimum atomic E-state index is -0.451. The highest BCUT2D eigenvalue weighted by Gasteiger charge is 2.11. The number of benzene rings is 2. The van der Waals surface area contributed by atoms with Crippen LogP contribution in [0.5, 0.6) is 0 Å². The Morgan fingerprint density at radius 1 is 1.05 bits per heavy atom. The van der Waals surface area contributed by atoms with Gasteiger partial charge in [-0.25, -0.2) is 0 Å². The molecule has 0 aliphatic heterocycles. The average Bonchev–Trinajstić information content (AvgIpc) is 2.39. The van der Waals surface area contributed by atoms with E-state index < -0.39 is 6.10 Å². The number of rotatable bonds is 4. The molecule has 0 amide bonds. The first-order valence-electron chi connectivity index (χ1n) is 7.00. The molecule has 20 heavy (non-hydrogen) atoms. The molecule has 106 valence electrons. The normalized spacial score (nSPS) is 12.7. The van der Waals surface area contributed by atoms with Crippen LogP contribution in [-0.4, -0.2) is 5.11 Å².